The SMILES string of the molecule is C[PH+]1CCC[P+](C)(O)CCC1. The largest absolute Gasteiger partial charge is 0.252 e. The average molecular weight is 194 g/mol. The Morgan fingerprint density at radius 1 is 1.18 bits per heavy atom. The Bertz CT molecular complexity index is 113. The van der Waals surface area contributed by atoms with Gasteiger partial charge in [-0.15, -0.1) is 0 Å². The van der Waals surface area contributed by atoms with E-state index in [4.69, 9.17) is 0 Å². The van der Waals surface area contributed by atoms with Gasteiger partial charge in [-0.1, -0.05) is 0 Å². The Hall–Kier alpha value is 0.820. The van der Waals surface area contributed by atoms with E-state index >= 15 is 0 Å². The summed E-state index contributed by atoms with van der Waals surface area (Å²) in [6, 6.07) is 0. The summed E-state index contributed by atoms with van der Waals surface area (Å²) in [5.41, 5.74) is 0. The number of hydrogen-bond acceptors (Lipinski definition) is 1. The molecule has 0 saturated carbocycles. The van der Waals surface area contributed by atoms with Crippen LogP contribution >= 0.6 is 15.4 Å². The Kier molecular flexibility index (Phi) is 3.75. The van der Waals surface area contributed by atoms with Gasteiger partial charge < -0.3 is 0 Å². The Labute approximate surface area is 71.8 Å². The van der Waals surface area contributed by atoms with Crippen molar-refractivity contribution >= 4 is 15.4 Å². The summed E-state index contributed by atoms with van der Waals surface area (Å²) in [4.78, 5) is 9.89. The molecule has 0 aromatic carbocycles. The first-order valence-corrected chi connectivity index (χ1v) is 9.46. The van der Waals surface area contributed by atoms with Crippen LogP contribution in [0.5, 0.6) is 0 Å². The first-order chi connectivity index (χ1) is 5.10. The van der Waals surface area contributed by atoms with Crippen LogP contribution in [-0.4, -0.2) is 42.9 Å². The zero-order chi connectivity index (χ0) is 8.32. The van der Waals surface area contributed by atoms with Crippen LogP contribution in [0.15, 0.2) is 0 Å². The minimum atomic E-state index is -1.42. The highest BCUT2D eigenvalue weighted by Crippen LogP contribution is 2.54. The van der Waals surface area contributed by atoms with E-state index in [1.807, 2.05) is 0 Å². The van der Waals surface area contributed by atoms with Gasteiger partial charge >= 0.3 is 0 Å². The summed E-state index contributed by atoms with van der Waals surface area (Å²) in [6.45, 7) is 4.53. The minimum Gasteiger partial charge on any atom is -0.252 e. The molecule has 1 nitrogen and oxygen atoms in total. The molecule has 3 heteroatoms. The van der Waals surface area contributed by atoms with Crippen LogP contribution in [0.4, 0.5) is 0 Å². The van der Waals surface area contributed by atoms with Gasteiger partial charge in [-0.2, -0.15) is 0 Å². The predicted molar refractivity (Wildman–Crippen MR) is 58.0 cm³/mol. The van der Waals surface area contributed by atoms with E-state index in [1.165, 1.54) is 25.2 Å². The third-order valence-electron chi connectivity index (χ3n) is 2.49. The zero-order valence-electron chi connectivity index (χ0n) is 7.64. The van der Waals surface area contributed by atoms with Gasteiger partial charge in [0.15, 0.2) is 0 Å². The standard InChI is InChI=1S/C8H19OP2/c1-10-5-3-7-11(2,9)8-4-6-10/h9H,3-8H2,1-2H3/q+1/p+1. The molecule has 11 heavy (non-hydrogen) atoms. The molecule has 1 aliphatic rings. The van der Waals surface area contributed by atoms with Gasteiger partial charge in [0.1, 0.15) is 7.49 Å². The third kappa shape index (κ3) is 3.83. The maximum Gasteiger partial charge on any atom is 0.139 e. The van der Waals surface area contributed by atoms with Crippen molar-refractivity contribution in [3.63, 3.8) is 0 Å². The number of rotatable bonds is 0. The van der Waals surface area contributed by atoms with Crippen molar-refractivity contribution in [3.05, 3.63) is 0 Å². The fourth-order valence-electron chi connectivity index (χ4n) is 1.68. The fourth-order valence-corrected chi connectivity index (χ4v) is 5.99. The second-order valence-corrected chi connectivity index (χ2v) is 10.4. The molecular weight excluding hydrogens is 174 g/mol. The van der Waals surface area contributed by atoms with Crippen molar-refractivity contribution in [2.45, 2.75) is 12.8 Å². The first-order valence-electron chi connectivity index (χ1n) is 4.49. The van der Waals surface area contributed by atoms with E-state index in [9.17, 15) is 4.89 Å². The topological polar surface area (TPSA) is 20.2 Å². The molecule has 1 aliphatic heterocycles. The molecule has 1 N–H and O–H groups in total. The van der Waals surface area contributed by atoms with E-state index in [2.05, 4.69) is 13.3 Å². The first kappa shape index (κ1) is 9.90. The molecule has 0 spiro atoms. The average Bonchev–Trinajstić information content (AvgIpc) is 1.83. The van der Waals surface area contributed by atoms with Gasteiger partial charge in [0.05, 0.1) is 31.3 Å². The highest BCUT2D eigenvalue weighted by molar-refractivity contribution is 7.69. The molecule has 0 aromatic rings. The second kappa shape index (κ2) is 4.17. The lowest BCUT2D eigenvalue weighted by Gasteiger charge is -2.18. The molecule has 0 aliphatic carbocycles. The van der Waals surface area contributed by atoms with Crippen LogP contribution < -0.4 is 0 Å². The Morgan fingerprint density at radius 3 is 2.09 bits per heavy atom. The normalized spacial score (nSPS) is 41.2. The van der Waals surface area contributed by atoms with Crippen molar-refractivity contribution in [2.24, 2.45) is 0 Å². The van der Waals surface area contributed by atoms with Gasteiger partial charge in [-0.05, 0) is 7.92 Å². The highest BCUT2D eigenvalue weighted by Gasteiger charge is 2.31. The van der Waals surface area contributed by atoms with E-state index < -0.39 is 7.49 Å². The van der Waals surface area contributed by atoms with Gasteiger partial charge in [0.2, 0.25) is 0 Å². The van der Waals surface area contributed by atoms with Crippen molar-refractivity contribution in [3.8, 4) is 0 Å². The van der Waals surface area contributed by atoms with E-state index in [-0.39, 0.29) is 7.92 Å². The highest BCUT2D eigenvalue weighted by atomic mass is 31.2. The third-order valence-corrected chi connectivity index (χ3v) is 7.46. The lowest BCUT2D eigenvalue weighted by atomic mass is 10.5. The lowest BCUT2D eigenvalue weighted by molar-refractivity contribution is 0.599. The predicted octanol–water partition coefficient (Wildman–Crippen LogP) is 2.18. The van der Waals surface area contributed by atoms with Crippen molar-refractivity contribution in [1.29, 1.82) is 0 Å². The molecule has 0 bridgehead atoms. The lowest BCUT2D eigenvalue weighted by Crippen LogP contribution is -2.08. The van der Waals surface area contributed by atoms with Crippen molar-refractivity contribution < 1.29 is 4.89 Å². The Morgan fingerprint density at radius 2 is 1.64 bits per heavy atom. The fraction of sp³-hybridized carbons (Fsp3) is 1.00. The van der Waals surface area contributed by atoms with E-state index in [1.54, 1.807) is 0 Å². The minimum absolute atomic E-state index is 0.00507. The summed E-state index contributed by atoms with van der Waals surface area (Å²) >= 11 is 0. The molecule has 0 amide bonds. The summed E-state index contributed by atoms with van der Waals surface area (Å²) in [5, 5.41) is 0. The molecule has 0 radical (unpaired) electrons. The van der Waals surface area contributed by atoms with E-state index in [0.717, 1.165) is 12.3 Å². The molecule has 66 valence electrons. The molecule has 1 rings (SSSR count). The van der Waals surface area contributed by atoms with Gasteiger partial charge in [0.25, 0.3) is 0 Å². The summed E-state index contributed by atoms with van der Waals surface area (Å²) < 4.78 is 0. The van der Waals surface area contributed by atoms with Crippen molar-refractivity contribution in [1.82, 2.24) is 0 Å². The van der Waals surface area contributed by atoms with Crippen LogP contribution in [0, 0.1) is 0 Å². The Balaban J connectivity index is 2.35. The van der Waals surface area contributed by atoms with E-state index in [0.29, 0.717) is 0 Å². The van der Waals surface area contributed by atoms with Crippen molar-refractivity contribution in [2.75, 3.05) is 38.0 Å². The molecule has 0 unspecified atom stereocenters. The molecule has 1 heterocycles. The summed E-state index contributed by atoms with van der Waals surface area (Å²) in [7, 11) is -1.41. The molecule has 0 aromatic heterocycles. The van der Waals surface area contributed by atoms with Crippen LogP contribution in [0.3, 0.4) is 0 Å². The van der Waals surface area contributed by atoms with Crippen LogP contribution in [0.25, 0.3) is 0 Å². The summed E-state index contributed by atoms with van der Waals surface area (Å²) in [6.07, 6.45) is 7.72. The molecule has 1 fully saturated rings. The van der Waals surface area contributed by atoms with Gasteiger partial charge in [0, 0.05) is 19.5 Å². The quantitative estimate of drug-likeness (QED) is 0.586. The second-order valence-electron chi connectivity index (χ2n) is 3.95. The summed E-state index contributed by atoms with van der Waals surface area (Å²) in [5.74, 6) is 0. The van der Waals surface area contributed by atoms with Gasteiger partial charge in [-0.25, -0.2) is 0 Å². The zero-order valence-corrected chi connectivity index (χ0v) is 9.53. The monoisotopic (exact) mass is 194 g/mol. The van der Waals surface area contributed by atoms with Crippen LogP contribution in [-0.2, 0) is 0 Å². The van der Waals surface area contributed by atoms with Crippen LogP contribution in [0.1, 0.15) is 12.8 Å². The van der Waals surface area contributed by atoms with Gasteiger partial charge in [-0.3, -0.25) is 4.89 Å². The van der Waals surface area contributed by atoms with Crippen LogP contribution in [0.2, 0.25) is 0 Å². The number of hydrogen-bond donors (Lipinski definition) is 1. The maximum absolute atomic E-state index is 9.89. The maximum atomic E-state index is 9.89. The smallest absolute Gasteiger partial charge is 0.139 e. The molecular formula is C8H20OP2+2. The molecule has 0 atom stereocenters. The molecule has 1 saturated heterocycles.